The van der Waals surface area contributed by atoms with Gasteiger partial charge < -0.3 is 9.15 Å². The Morgan fingerprint density at radius 2 is 1.89 bits per heavy atom. The number of benzene rings is 2. The van der Waals surface area contributed by atoms with Crippen LogP contribution in [-0.2, 0) is 4.79 Å². The second-order valence-electron chi connectivity index (χ2n) is 7.93. The van der Waals surface area contributed by atoms with E-state index in [9.17, 15) is 24.5 Å². The van der Waals surface area contributed by atoms with E-state index in [0.717, 1.165) is 22.6 Å². The number of carbonyl (C=O) groups excluding carboxylic acids is 3. The number of carbonyl (C=O) groups is 3. The van der Waals surface area contributed by atoms with E-state index in [1.165, 1.54) is 17.3 Å². The number of imide groups is 1. The van der Waals surface area contributed by atoms with E-state index >= 15 is 0 Å². The van der Waals surface area contributed by atoms with E-state index in [0.29, 0.717) is 23.6 Å². The average molecular weight is 474 g/mol. The lowest BCUT2D eigenvalue weighted by atomic mass is 10.0. The number of amides is 3. The second-order valence-corrected chi connectivity index (χ2v) is 7.93. The Balaban J connectivity index is 1.42. The number of methoxy groups -OCH3 is 1. The van der Waals surface area contributed by atoms with Crippen LogP contribution in [0.25, 0.3) is 0 Å². The highest BCUT2D eigenvalue weighted by Gasteiger charge is 2.41. The Morgan fingerprint density at radius 3 is 2.54 bits per heavy atom. The van der Waals surface area contributed by atoms with Crippen LogP contribution < -0.4 is 4.74 Å². The Hall–Kier alpha value is -4.80. The molecule has 3 amide bonds. The van der Waals surface area contributed by atoms with Gasteiger partial charge in [0.25, 0.3) is 23.4 Å². The number of fused-ring (bicyclic) bond motifs is 1. The first-order chi connectivity index (χ1) is 16.9. The quantitative estimate of drug-likeness (QED) is 0.304. The summed E-state index contributed by atoms with van der Waals surface area (Å²) in [6.07, 6.45) is 1.85. The third-order valence-corrected chi connectivity index (χ3v) is 5.92. The zero-order valence-corrected chi connectivity index (χ0v) is 18.4. The number of nitro groups is 1. The molecule has 1 atom stereocenters. The number of nitro benzene ring substituents is 1. The molecule has 0 radical (unpaired) electrons. The van der Waals surface area contributed by atoms with Gasteiger partial charge in [-0.05, 0) is 48.0 Å². The standard InChI is InChI=1S/C24H18N4O7/c1-34-16-7-4-14(5-8-16)19-12-20(21-3-2-10-35-21)27(25-19)22(29)13-26-23(30)17-9-6-15(28(32)33)11-18(17)24(26)31/h2-11,20H,12-13H2,1H3. The van der Waals surface area contributed by atoms with Crippen molar-refractivity contribution >= 4 is 29.1 Å². The third-order valence-electron chi connectivity index (χ3n) is 5.92. The highest BCUT2D eigenvalue weighted by atomic mass is 16.6. The molecule has 1 unspecified atom stereocenters. The molecule has 0 fully saturated rings. The van der Waals surface area contributed by atoms with Gasteiger partial charge in [-0.1, -0.05) is 0 Å². The summed E-state index contributed by atoms with van der Waals surface area (Å²) in [4.78, 5) is 50.1. The van der Waals surface area contributed by atoms with Gasteiger partial charge in [0, 0.05) is 18.6 Å². The zero-order valence-electron chi connectivity index (χ0n) is 18.4. The van der Waals surface area contributed by atoms with E-state index in [4.69, 9.17) is 9.15 Å². The summed E-state index contributed by atoms with van der Waals surface area (Å²) < 4.78 is 10.7. The van der Waals surface area contributed by atoms with Gasteiger partial charge in [0.1, 0.15) is 24.1 Å². The molecular formula is C24H18N4O7. The summed E-state index contributed by atoms with van der Waals surface area (Å²) in [5.41, 5.74) is 0.999. The van der Waals surface area contributed by atoms with Crippen LogP contribution in [0.2, 0.25) is 0 Å². The lowest BCUT2D eigenvalue weighted by Crippen LogP contribution is -2.41. The number of hydrogen-bond acceptors (Lipinski definition) is 8. The van der Waals surface area contributed by atoms with Gasteiger partial charge in [0.05, 0.1) is 35.1 Å². The molecule has 3 aromatic rings. The predicted molar refractivity (Wildman–Crippen MR) is 121 cm³/mol. The molecule has 1 aromatic heterocycles. The van der Waals surface area contributed by atoms with Gasteiger partial charge in [-0.25, -0.2) is 5.01 Å². The van der Waals surface area contributed by atoms with E-state index in [1.54, 1.807) is 31.4 Å². The minimum Gasteiger partial charge on any atom is -0.497 e. The van der Waals surface area contributed by atoms with E-state index in [1.807, 2.05) is 12.1 Å². The number of ether oxygens (including phenoxy) is 1. The molecule has 2 aliphatic rings. The molecule has 11 heteroatoms. The van der Waals surface area contributed by atoms with Crippen LogP contribution >= 0.6 is 0 Å². The summed E-state index contributed by atoms with van der Waals surface area (Å²) >= 11 is 0. The fourth-order valence-electron chi connectivity index (χ4n) is 4.14. The summed E-state index contributed by atoms with van der Waals surface area (Å²) in [6, 6.07) is 13.5. The molecule has 0 N–H and O–H groups in total. The average Bonchev–Trinajstić information content (AvgIpc) is 3.60. The van der Waals surface area contributed by atoms with Crippen molar-refractivity contribution in [3.63, 3.8) is 0 Å². The first-order valence-electron chi connectivity index (χ1n) is 10.6. The fraction of sp³-hybridized carbons (Fsp3) is 0.167. The van der Waals surface area contributed by atoms with Crippen LogP contribution in [0.1, 0.15) is 44.5 Å². The zero-order chi connectivity index (χ0) is 24.7. The maximum absolute atomic E-state index is 13.3. The maximum Gasteiger partial charge on any atom is 0.270 e. The summed E-state index contributed by atoms with van der Waals surface area (Å²) in [5.74, 6) is -0.882. The molecule has 0 saturated carbocycles. The highest BCUT2D eigenvalue weighted by Crippen LogP contribution is 2.34. The second kappa shape index (κ2) is 8.52. The Morgan fingerprint density at radius 1 is 1.14 bits per heavy atom. The molecule has 0 saturated heterocycles. The smallest absolute Gasteiger partial charge is 0.270 e. The summed E-state index contributed by atoms with van der Waals surface area (Å²) in [7, 11) is 1.56. The first kappa shape index (κ1) is 22.0. The van der Waals surface area contributed by atoms with Gasteiger partial charge in [0.15, 0.2) is 0 Å². The van der Waals surface area contributed by atoms with Crippen molar-refractivity contribution in [2.75, 3.05) is 13.7 Å². The lowest BCUT2D eigenvalue weighted by molar-refractivity contribution is -0.384. The Bertz CT molecular complexity index is 1380. The van der Waals surface area contributed by atoms with Crippen molar-refractivity contribution in [3.05, 3.63) is 93.4 Å². The molecular weight excluding hydrogens is 456 g/mol. The monoisotopic (exact) mass is 474 g/mol. The summed E-state index contributed by atoms with van der Waals surface area (Å²) in [6.45, 7) is -0.573. The largest absolute Gasteiger partial charge is 0.497 e. The van der Waals surface area contributed by atoms with Crippen LogP contribution in [0.15, 0.2) is 70.4 Å². The molecule has 2 aliphatic heterocycles. The summed E-state index contributed by atoms with van der Waals surface area (Å²) in [5, 5.41) is 16.8. The topological polar surface area (TPSA) is 136 Å². The molecule has 5 rings (SSSR count). The molecule has 11 nitrogen and oxygen atoms in total. The number of furan rings is 1. The minimum atomic E-state index is -0.768. The molecule has 0 spiro atoms. The van der Waals surface area contributed by atoms with E-state index in [-0.39, 0.29) is 16.8 Å². The van der Waals surface area contributed by atoms with Crippen molar-refractivity contribution < 1.29 is 28.5 Å². The number of nitrogens with zero attached hydrogens (tertiary/aromatic N) is 4. The first-order valence-corrected chi connectivity index (χ1v) is 10.6. The molecule has 176 valence electrons. The van der Waals surface area contributed by atoms with Crippen molar-refractivity contribution in [2.24, 2.45) is 5.10 Å². The SMILES string of the molecule is COc1ccc(C2=NN(C(=O)CN3C(=O)c4ccc([N+](=O)[O-])cc4C3=O)C(c3ccco3)C2)cc1. The van der Waals surface area contributed by atoms with Gasteiger partial charge in [-0.15, -0.1) is 0 Å². The molecule has 2 aromatic carbocycles. The lowest BCUT2D eigenvalue weighted by Gasteiger charge is -2.22. The van der Waals surface area contributed by atoms with Crippen molar-refractivity contribution in [1.82, 2.24) is 9.91 Å². The van der Waals surface area contributed by atoms with Gasteiger partial charge in [-0.3, -0.25) is 29.4 Å². The number of hydrazone groups is 1. The van der Waals surface area contributed by atoms with Gasteiger partial charge >= 0.3 is 0 Å². The van der Waals surface area contributed by atoms with Crippen LogP contribution in [-0.4, -0.2) is 51.9 Å². The maximum atomic E-state index is 13.3. The fourth-order valence-corrected chi connectivity index (χ4v) is 4.14. The van der Waals surface area contributed by atoms with Gasteiger partial charge in [-0.2, -0.15) is 5.10 Å². The molecule has 3 heterocycles. The van der Waals surface area contributed by atoms with Crippen LogP contribution in [0.4, 0.5) is 5.69 Å². The number of hydrogen-bond donors (Lipinski definition) is 0. The highest BCUT2D eigenvalue weighted by molar-refractivity contribution is 6.22. The van der Waals surface area contributed by atoms with Crippen molar-refractivity contribution in [3.8, 4) is 5.75 Å². The van der Waals surface area contributed by atoms with E-state index in [2.05, 4.69) is 5.10 Å². The third kappa shape index (κ3) is 3.82. The Kier molecular flexibility index (Phi) is 5.36. The van der Waals surface area contributed by atoms with Crippen LogP contribution in [0.5, 0.6) is 5.75 Å². The van der Waals surface area contributed by atoms with Gasteiger partial charge in [0.2, 0.25) is 0 Å². The van der Waals surface area contributed by atoms with Crippen LogP contribution in [0, 0.1) is 10.1 Å². The van der Waals surface area contributed by atoms with Crippen molar-refractivity contribution in [1.29, 1.82) is 0 Å². The van der Waals surface area contributed by atoms with Crippen LogP contribution in [0.3, 0.4) is 0 Å². The molecule has 35 heavy (non-hydrogen) atoms. The predicted octanol–water partition coefficient (Wildman–Crippen LogP) is 3.17. The Labute approximate surface area is 198 Å². The normalized spacial score (nSPS) is 16.9. The van der Waals surface area contributed by atoms with Crippen molar-refractivity contribution in [2.45, 2.75) is 12.5 Å². The molecule has 0 aliphatic carbocycles. The molecule has 0 bridgehead atoms. The number of non-ortho nitro benzene ring substituents is 1. The number of rotatable bonds is 6. The van der Waals surface area contributed by atoms with E-state index < -0.39 is 35.2 Å². The minimum absolute atomic E-state index is 0.0137.